The van der Waals surface area contributed by atoms with Crippen LogP contribution < -0.4 is 5.32 Å². The van der Waals surface area contributed by atoms with Crippen LogP contribution in [-0.4, -0.2) is 149 Å². The van der Waals surface area contributed by atoms with E-state index < -0.39 is 23.9 Å². The summed E-state index contributed by atoms with van der Waals surface area (Å²) < 4.78 is 0. The van der Waals surface area contributed by atoms with E-state index in [-0.39, 0.29) is 43.8 Å². The fraction of sp³-hybridized carbons (Fsp3) is 0.773. The summed E-state index contributed by atoms with van der Waals surface area (Å²) in [5.74, 6) is -3.69. The van der Waals surface area contributed by atoms with Crippen molar-refractivity contribution in [3.05, 3.63) is 0 Å². The summed E-state index contributed by atoms with van der Waals surface area (Å²) in [6.45, 7) is 6.91. The second kappa shape index (κ2) is 15.4. The Morgan fingerprint density at radius 3 is 1.31 bits per heavy atom. The minimum absolute atomic E-state index is 0.0790. The quantitative estimate of drug-likeness (QED) is 0.251. The second-order valence-corrected chi connectivity index (χ2v) is 9.06. The molecule has 35 heavy (non-hydrogen) atoms. The Kier molecular flexibility index (Phi) is 13.4. The predicted octanol–water partition coefficient (Wildman–Crippen LogP) is -1.81. The number of carboxylic acids is 3. The molecule has 13 nitrogen and oxygen atoms in total. The number of aliphatic carboxylic acids is 3. The van der Waals surface area contributed by atoms with Crippen molar-refractivity contribution in [2.75, 3.05) is 78.5 Å². The first-order valence-electron chi connectivity index (χ1n) is 11.8. The molecule has 1 aliphatic rings. The van der Waals surface area contributed by atoms with Gasteiger partial charge in [0.2, 0.25) is 5.91 Å². The summed E-state index contributed by atoms with van der Waals surface area (Å²) in [4.78, 5) is 65.5. The number of carbonyl (C=O) groups excluding carboxylic acids is 2. The van der Waals surface area contributed by atoms with Crippen LogP contribution >= 0.6 is 0 Å². The molecular weight excluding hydrogens is 462 g/mol. The lowest BCUT2D eigenvalue weighted by Gasteiger charge is -2.35. The van der Waals surface area contributed by atoms with Gasteiger partial charge in [0.15, 0.2) is 5.78 Å². The summed E-state index contributed by atoms with van der Waals surface area (Å²) in [5, 5.41) is 30.4. The molecule has 0 bridgehead atoms. The number of carboxylic acid groups (broad SMARTS) is 3. The van der Waals surface area contributed by atoms with Gasteiger partial charge >= 0.3 is 17.9 Å². The van der Waals surface area contributed by atoms with Crippen LogP contribution in [0.25, 0.3) is 0 Å². The van der Waals surface area contributed by atoms with Crippen molar-refractivity contribution in [2.24, 2.45) is 5.92 Å². The maximum absolute atomic E-state index is 12.7. The highest BCUT2D eigenvalue weighted by Gasteiger charge is 2.25. The third-order valence-electron chi connectivity index (χ3n) is 5.96. The molecule has 4 N–H and O–H groups in total. The molecule has 1 saturated heterocycles. The molecule has 1 heterocycles. The molecular formula is C22H39N5O8. The molecule has 0 aromatic heterocycles. The predicted molar refractivity (Wildman–Crippen MR) is 126 cm³/mol. The summed E-state index contributed by atoms with van der Waals surface area (Å²) in [5.41, 5.74) is 0. The van der Waals surface area contributed by atoms with Crippen LogP contribution in [0.5, 0.6) is 0 Å². The van der Waals surface area contributed by atoms with Crippen molar-refractivity contribution in [3.63, 3.8) is 0 Å². The van der Waals surface area contributed by atoms with Gasteiger partial charge in [0.05, 0.1) is 32.2 Å². The van der Waals surface area contributed by atoms with Gasteiger partial charge in [0.25, 0.3) is 0 Å². The molecule has 1 aliphatic heterocycles. The van der Waals surface area contributed by atoms with Crippen LogP contribution in [0.2, 0.25) is 0 Å². The van der Waals surface area contributed by atoms with E-state index in [2.05, 4.69) is 5.32 Å². The van der Waals surface area contributed by atoms with Gasteiger partial charge in [-0.3, -0.25) is 43.6 Å². The first-order chi connectivity index (χ1) is 16.4. The number of hydrogen-bond acceptors (Lipinski definition) is 9. The Hall–Kier alpha value is -2.61. The van der Waals surface area contributed by atoms with E-state index in [4.69, 9.17) is 0 Å². The van der Waals surface area contributed by atoms with Crippen molar-refractivity contribution >= 4 is 29.6 Å². The van der Waals surface area contributed by atoms with Crippen molar-refractivity contribution in [1.29, 1.82) is 0 Å². The number of carbonyl (C=O) groups is 5. The largest absolute Gasteiger partial charge is 0.480 e. The SMILES string of the molecule is CC(C)C(=O)CNC(=O)C(C)N1CCN(CC(=O)O)CCN(CC(=O)O)CCN(CC(=O)O)CC1. The second-order valence-electron chi connectivity index (χ2n) is 9.06. The number of ketones is 1. The highest BCUT2D eigenvalue weighted by Crippen LogP contribution is 2.05. The highest BCUT2D eigenvalue weighted by molar-refractivity contribution is 5.89. The molecule has 1 unspecified atom stereocenters. The van der Waals surface area contributed by atoms with E-state index in [1.165, 1.54) is 0 Å². The third-order valence-corrected chi connectivity index (χ3v) is 5.96. The standard InChI is InChI=1S/C22H39N5O8/c1-16(2)18(28)12-23-22(35)17(3)27-10-8-25(14-20(31)32)6-4-24(13-19(29)30)5-7-26(9-11-27)15-21(33)34/h16-17H,4-15H2,1-3H3,(H,23,35)(H,29,30)(H,31,32)(H,33,34). The van der Waals surface area contributed by atoms with E-state index in [0.29, 0.717) is 52.4 Å². The molecule has 0 radical (unpaired) electrons. The van der Waals surface area contributed by atoms with Gasteiger partial charge in [-0.1, -0.05) is 13.8 Å². The Balaban J connectivity index is 3.01. The van der Waals surface area contributed by atoms with Gasteiger partial charge in [-0.25, -0.2) is 0 Å². The summed E-state index contributed by atoms with van der Waals surface area (Å²) in [6.07, 6.45) is 0. The molecule has 1 rings (SSSR count). The average Bonchev–Trinajstić information content (AvgIpc) is 2.75. The van der Waals surface area contributed by atoms with Gasteiger partial charge in [-0.05, 0) is 6.92 Å². The summed E-state index contributed by atoms with van der Waals surface area (Å²) in [6, 6.07) is -0.625. The van der Waals surface area contributed by atoms with E-state index in [0.717, 1.165) is 0 Å². The average molecular weight is 502 g/mol. The highest BCUT2D eigenvalue weighted by atomic mass is 16.4. The lowest BCUT2D eigenvalue weighted by atomic mass is 10.1. The fourth-order valence-corrected chi connectivity index (χ4v) is 3.68. The van der Waals surface area contributed by atoms with Crippen LogP contribution in [0, 0.1) is 5.92 Å². The normalized spacial score (nSPS) is 18.9. The first-order valence-corrected chi connectivity index (χ1v) is 11.8. The maximum atomic E-state index is 12.7. The summed E-state index contributed by atoms with van der Waals surface area (Å²) >= 11 is 0. The van der Waals surface area contributed by atoms with Crippen LogP contribution in [0.1, 0.15) is 20.8 Å². The number of Topliss-reactive ketones (excluding diaryl/α,β-unsaturated/α-hetero) is 1. The maximum Gasteiger partial charge on any atom is 0.317 e. The molecule has 0 aromatic carbocycles. The van der Waals surface area contributed by atoms with E-state index in [9.17, 15) is 39.3 Å². The number of amides is 1. The smallest absolute Gasteiger partial charge is 0.317 e. The summed E-state index contributed by atoms with van der Waals surface area (Å²) in [7, 11) is 0. The molecule has 1 amide bonds. The van der Waals surface area contributed by atoms with Gasteiger partial charge in [-0.2, -0.15) is 0 Å². The van der Waals surface area contributed by atoms with E-state index in [1.807, 2.05) is 4.90 Å². The molecule has 13 heteroatoms. The minimum atomic E-state index is -1.02. The van der Waals surface area contributed by atoms with E-state index in [1.54, 1.807) is 35.5 Å². The Labute approximate surface area is 205 Å². The molecule has 0 aromatic rings. The van der Waals surface area contributed by atoms with Crippen LogP contribution in [0.3, 0.4) is 0 Å². The van der Waals surface area contributed by atoms with Crippen molar-refractivity contribution in [2.45, 2.75) is 26.8 Å². The fourth-order valence-electron chi connectivity index (χ4n) is 3.68. The van der Waals surface area contributed by atoms with E-state index >= 15 is 0 Å². The van der Waals surface area contributed by atoms with Crippen LogP contribution in [-0.2, 0) is 24.0 Å². The first kappa shape index (κ1) is 30.4. The number of hydrogen-bond donors (Lipinski definition) is 4. The van der Waals surface area contributed by atoms with Gasteiger partial charge < -0.3 is 20.6 Å². The topological polar surface area (TPSA) is 171 Å². The Morgan fingerprint density at radius 2 is 1.00 bits per heavy atom. The minimum Gasteiger partial charge on any atom is -0.480 e. The molecule has 0 aliphatic carbocycles. The number of nitrogens with zero attached hydrogens (tertiary/aromatic N) is 4. The zero-order valence-electron chi connectivity index (χ0n) is 20.8. The Bertz CT molecular complexity index is 715. The zero-order valence-corrected chi connectivity index (χ0v) is 20.8. The zero-order chi connectivity index (χ0) is 26.5. The van der Waals surface area contributed by atoms with Crippen molar-refractivity contribution in [1.82, 2.24) is 24.9 Å². The van der Waals surface area contributed by atoms with Gasteiger partial charge in [-0.15, -0.1) is 0 Å². The monoisotopic (exact) mass is 501 g/mol. The van der Waals surface area contributed by atoms with Gasteiger partial charge in [0.1, 0.15) is 0 Å². The van der Waals surface area contributed by atoms with Crippen molar-refractivity contribution < 1.29 is 39.3 Å². The lowest BCUT2D eigenvalue weighted by Crippen LogP contribution is -2.53. The third kappa shape index (κ3) is 12.6. The van der Waals surface area contributed by atoms with Crippen LogP contribution in [0.4, 0.5) is 0 Å². The molecule has 0 saturated carbocycles. The lowest BCUT2D eigenvalue weighted by molar-refractivity contribution is -0.140. The van der Waals surface area contributed by atoms with Gasteiger partial charge in [0, 0.05) is 58.3 Å². The molecule has 200 valence electrons. The molecule has 1 atom stereocenters. The molecule has 0 spiro atoms. The van der Waals surface area contributed by atoms with Crippen molar-refractivity contribution in [3.8, 4) is 0 Å². The number of rotatable bonds is 11. The number of nitrogens with one attached hydrogen (secondary N) is 1. The molecule has 1 fully saturated rings. The Morgan fingerprint density at radius 1 is 0.657 bits per heavy atom. The van der Waals surface area contributed by atoms with Crippen LogP contribution in [0.15, 0.2) is 0 Å².